The lowest BCUT2D eigenvalue weighted by Crippen LogP contribution is -2.18. The van der Waals surface area contributed by atoms with E-state index in [-0.39, 0.29) is 6.10 Å². The zero-order valence-corrected chi connectivity index (χ0v) is 11.0. The largest absolute Gasteiger partial charge is 0.497 e. The van der Waals surface area contributed by atoms with Crippen LogP contribution >= 0.6 is 0 Å². The summed E-state index contributed by atoms with van der Waals surface area (Å²) in [5.41, 5.74) is 6.65. The van der Waals surface area contributed by atoms with Crippen LogP contribution in [-0.2, 0) is 11.3 Å². The molecule has 0 aromatic heterocycles. The van der Waals surface area contributed by atoms with Crippen LogP contribution in [0.25, 0.3) is 0 Å². The van der Waals surface area contributed by atoms with Crippen molar-refractivity contribution >= 4 is 0 Å². The molecule has 4 nitrogen and oxygen atoms in total. The van der Waals surface area contributed by atoms with E-state index in [0.717, 1.165) is 29.9 Å². The second-order valence-corrected chi connectivity index (χ2v) is 4.68. The first-order chi connectivity index (χ1) is 8.71. The van der Waals surface area contributed by atoms with Crippen molar-refractivity contribution in [3.05, 3.63) is 23.8 Å². The Kier molecular flexibility index (Phi) is 4.44. The molecule has 1 fully saturated rings. The van der Waals surface area contributed by atoms with Crippen LogP contribution in [0.3, 0.4) is 0 Å². The molecular formula is C14H21NO3. The van der Waals surface area contributed by atoms with Gasteiger partial charge in [-0.3, -0.25) is 0 Å². The lowest BCUT2D eigenvalue weighted by molar-refractivity contribution is 0.0264. The number of methoxy groups -OCH3 is 1. The summed E-state index contributed by atoms with van der Waals surface area (Å²) in [6, 6.07) is 5.74. The predicted molar refractivity (Wildman–Crippen MR) is 69.9 cm³/mol. The zero-order chi connectivity index (χ0) is 13.0. The standard InChI is InChI=1S/C14H21NO3/c1-10-3-4-12(18-10)9-17-14-6-11(8-15)5-13(7-14)16-2/h5-7,10,12H,3-4,8-9,15H2,1-2H3. The van der Waals surface area contributed by atoms with E-state index < -0.39 is 0 Å². The Balaban J connectivity index is 1.95. The Labute approximate surface area is 108 Å². The Morgan fingerprint density at radius 2 is 2.06 bits per heavy atom. The molecule has 0 spiro atoms. The predicted octanol–water partition coefficient (Wildman–Crippen LogP) is 2.10. The minimum atomic E-state index is 0.201. The highest BCUT2D eigenvalue weighted by Gasteiger charge is 2.22. The van der Waals surface area contributed by atoms with Crippen LogP contribution in [0, 0.1) is 0 Å². The highest BCUT2D eigenvalue weighted by atomic mass is 16.5. The van der Waals surface area contributed by atoms with Crippen LogP contribution in [0.1, 0.15) is 25.3 Å². The molecule has 18 heavy (non-hydrogen) atoms. The van der Waals surface area contributed by atoms with E-state index in [1.807, 2.05) is 18.2 Å². The summed E-state index contributed by atoms with van der Waals surface area (Å²) in [4.78, 5) is 0. The number of rotatable bonds is 5. The van der Waals surface area contributed by atoms with Crippen molar-refractivity contribution in [3.63, 3.8) is 0 Å². The van der Waals surface area contributed by atoms with Gasteiger partial charge in [0, 0.05) is 12.6 Å². The summed E-state index contributed by atoms with van der Waals surface area (Å²) >= 11 is 0. The molecule has 1 aliphatic heterocycles. The Morgan fingerprint density at radius 1 is 1.28 bits per heavy atom. The van der Waals surface area contributed by atoms with E-state index in [2.05, 4.69) is 6.92 Å². The average molecular weight is 251 g/mol. The fourth-order valence-corrected chi connectivity index (χ4v) is 2.15. The molecule has 1 aromatic carbocycles. The molecule has 1 aromatic rings. The van der Waals surface area contributed by atoms with E-state index in [4.69, 9.17) is 19.9 Å². The second-order valence-electron chi connectivity index (χ2n) is 4.68. The van der Waals surface area contributed by atoms with Crippen LogP contribution in [0.2, 0.25) is 0 Å². The molecule has 1 saturated heterocycles. The van der Waals surface area contributed by atoms with Crippen molar-refractivity contribution in [3.8, 4) is 11.5 Å². The molecule has 0 bridgehead atoms. The molecule has 0 aliphatic carbocycles. The highest BCUT2D eigenvalue weighted by Crippen LogP contribution is 2.24. The van der Waals surface area contributed by atoms with Crippen LogP contribution in [-0.4, -0.2) is 25.9 Å². The molecule has 100 valence electrons. The van der Waals surface area contributed by atoms with Crippen LogP contribution in [0.5, 0.6) is 11.5 Å². The van der Waals surface area contributed by atoms with Crippen molar-refractivity contribution in [2.24, 2.45) is 5.73 Å². The lowest BCUT2D eigenvalue weighted by Gasteiger charge is -2.14. The van der Waals surface area contributed by atoms with Gasteiger partial charge in [-0.25, -0.2) is 0 Å². The molecular weight excluding hydrogens is 230 g/mol. The Hall–Kier alpha value is -1.26. The molecule has 1 heterocycles. The molecule has 4 heteroatoms. The van der Waals surface area contributed by atoms with Gasteiger partial charge in [0.2, 0.25) is 0 Å². The van der Waals surface area contributed by atoms with Gasteiger partial charge in [0.15, 0.2) is 0 Å². The molecule has 2 atom stereocenters. The highest BCUT2D eigenvalue weighted by molar-refractivity contribution is 5.38. The third kappa shape index (κ3) is 3.37. The maximum absolute atomic E-state index is 5.76. The Morgan fingerprint density at radius 3 is 2.67 bits per heavy atom. The van der Waals surface area contributed by atoms with Crippen molar-refractivity contribution in [1.29, 1.82) is 0 Å². The molecule has 0 amide bonds. The van der Waals surface area contributed by atoms with Crippen LogP contribution in [0.4, 0.5) is 0 Å². The molecule has 2 unspecified atom stereocenters. The average Bonchev–Trinajstić information content (AvgIpc) is 2.81. The van der Waals surface area contributed by atoms with Crippen LogP contribution < -0.4 is 15.2 Å². The summed E-state index contributed by atoms with van der Waals surface area (Å²) < 4.78 is 16.7. The third-order valence-corrected chi connectivity index (χ3v) is 3.17. The van der Waals surface area contributed by atoms with Gasteiger partial charge in [-0.2, -0.15) is 0 Å². The summed E-state index contributed by atoms with van der Waals surface area (Å²) in [7, 11) is 1.64. The van der Waals surface area contributed by atoms with E-state index in [1.54, 1.807) is 7.11 Å². The molecule has 0 radical (unpaired) electrons. The SMILES string of the molecule is COc1cc(CN)cc(OCC2CCC(C)O2)c1. The first-order valence-electron chi connectivity index (χ1n) is 6.37. The summed E-state index contributed by atoms with van der Waals surface area (Å²) in [5.74, 6) is 1.56. The normalized spacial score (nSPS) is 23.1. The van der Waals surface area contributed by atoms with E-state index in [0.29, 0.717) is 19.3 Å². The number of benzene rings is 1. The molecule has 2 rings (SSSR count). The Bertz CT molecular complexity index is 372. The maximum Gasteiger partial charge on any atom is 0.123 e. The van der Waals surface area contributed by atoms with Gasteiger partial charge in [0.05, 0.1) is 19.3 Å². The maximum atomic E-state index is 5.76. The van der Waals surface area contributed by atoms with Crippen LogP contribution in [0.15, 0.2) is 18.2 Å². The van der Waals surface area contributed by atoms with Gasteiger partial charge in [-0.1, -0.05) is 0 Å². The van der Waals surface area contributed by atoms with Gasteiger partial charge in [0.1, 0.15) is 18.1 Å². The quantitative estimate of drug-likeness (QED) is 0.870. The monoisotopic (exact) mass is 251 g/mol. The minimum absolute atomic E-state index is 0.201. The number of hydrogen-bond donors (Lipinski definition) is 1. The van der Waals surface area contributed by atoms with E-state index >= 15 is 0 Å². The molecule has 2 N–H and O–H groups in total. The van der Waals surface area contributed by atoms with Gasteiger partial charge in [-0.15, -0.1) is 0 Å². The smallest absolute Gasteiger partial charge is 0.123 e. The van der Waals surface area contributed by atoms with Crippen molar-refractivity contribution in [2.45, 2.75) is 38.5 Å². The fraction of sp³-hybridized carbons (Fsp3) is 0.571. The third-order valence-electron chi connectivity index (χ3n) is 3.17. The van der Waals surface area contributed by atoms with Crippen molar-refractivity contribution in [1.82, 2.24) is 0 Å². The molecule has 1 aliphatic rings. The summed E-state index contributed by atoms with van der Waals surface area (Å²) in [6.07, 6.45) is 2.73. The minimum Gasteiger partial charge on any atom is -0.497 e. The molecule has 0 saturated carbocycles. The van der Waals surface area contributed by atoms with Gasteiger partial charge in [0.25, 0.3) is 0 Å². The number of nitrogens with two attached hydrogens (primary N) is 1. The van der Waals surface area contributed by atoms with Gasteiger partial charge in [-0.05, 0) is 37.5 Å². The summed E-state index contributed by atoms with van der Waals surface area (Å²) in [5, 5.41) is 0. The lowest BCUT2D eigenvalue weighted by atomic mass is 10.2. The summed E-state index contributed by atoms with van der Waals surface area (Å²) in [6.45, 7) is 3.16. The van der Waals surface area contributed by atoms with E-state index in [1.165, 1.54) is 0 Å². The van der Waals surface area contributed by atoms with E-state index in [9.17, 15) is 0 Å². The van der Waals surface area contributed by atoms with Crippen molar-refractivity contribution < 1.29 is 14.2 Å². The zero-order valence-electron chi connectivity index (χ0n) is 11.0. The van der Waals surface area contributed by atoms with Gasteiger partial charge >= 0.3 is 0 Å². The topological polar surface area (TPSA) is 53.7 Å². The fourth-order valence-electron chi connectivity index (χ4n) is 2.15. The van der Waals surface area contributed by atoms with Gasteiger partial charge < -0.3 is 19.9 Å². The number of ether oxygens (including phenoxy) is 3. The number of hydrogen-bond acceptors (Lipinski definition) is 4. The first kappa shape index (κ1) is 13.2. The second kappa shape index (κ2) is 6.07. The van der Waals surface area contributed by atoms with Crippen molar-refractivity contribution in [2.75, 3.05) is 13.7 Å². The first-order valence-corrected chi connectivity index (χ1v) is 6.37.